The quantitative estimate of drug-likeness (QED) is 0.655. The second kappa shape index (κ2) is 8.98. The molecular weight excluding hydrogens is 400 g/mol. The van der Waals surface area contributed by atoms with Gasteiger partial charge in [-0.15, -0.1) is 0 Å². The summed E-state index contributed by atoms with van der Waals surface area (Å²) in [6.07, 6.45) is 1.97. The molecule has 1 amide bonds. The number of para-hydroxylation sites is 2. The summed E-state index contributed by atoms with van der Waals surface area (Å²) >= 11 is 6.22. The molecule has 158 valence electrons. The molecule has 7 heteroatoms. The van der Waals surface area contributed by atoms with Crippen LogP contribution in [0, 0.1) is 0 Å². The minimum absolute atomic E-state index is 0.0743. The van der Waals surface area contributed by atoms with Gasteiger partial charge in [-0.25, -0.2) is 0 Å². The Labute approximate surface area is 182 Å². The predicted octanol–water partition coefficient (Wildman–Crippen LogP) is 3.49. The zero-order valence-corrected chi connectivity index (χ0v) is 18.2. The van der Waals surface area contributed by atoms with Crippen LogP contribution in [0.5, 0.6) is 5.75 Å². The molecule has 1 saturated heterocycles. The maximum atomic E-state index is 13.4. The molecule has 4 rings (SSSR count). The minimum atomic E-state index is 0.0743. The predicted molar refractivity (Wildman–Crippen MR) is 122 cm³/mol. The van der Waals surface area contributed by atoms with E-state index in [2.05, 4.69) is 20.9 Å². The van der Waals surface area contributed by atoms with Crippen molar-refractivity contribution in [3.8, 4) is 5.75 Å². The Kier molecular flexibility index (Phi) is 6.16. The average molecular weight is 427 g/mol. The summed E-state index contributed by atoms with van der Waals surface area (Å²) in [5, 5.41) is 4.79. The van der Waals surface area contributed by atoms with Crippen molar-refractivity contribution in [3.05, 3.63) is 59.2 Å². The summed E-state index contributed by atoms with van der Waals surface area (Å²) in [7, 11) is 3.61. The Bertz CT molecular complexity index is 1040. The Morgan fingerprint density at radius 2 is 1.90 bits per heavy atom. The van der Waals surface area contributed by atoms with Crippen molar-refractivity contribution in [1.29, 1.82) is 0 Å². The van der Waals surface area contributed by atoms with Gasteiger partial charge < -0.3 is 24.4 Å². The van der Waals surface area contributed by atoms with E-state index < -0.39 is 0 Å². The van der Waals surface area contributed by atoms with Gasteiger partial charge in [0.2, 0.25) is 0 Å². The number of aromatic nitrogens is 1. The van der Waals surface area contributed by atoms with Crippen LogP contribution in [0.4, 0.5) is 5.69 Å². The number of nitrogens with one attached hydrogen (secondary N) is 1. The first-order chi connectivity index (χ1) is 14.6. The zero-order valence-electron chi connectivity index (χ0n) is 17.4. The van der Waals surface area contributed by atoms with E-state index in [1.807, 2.05) is 54.5 Å². The van der Waals surface area contributed by atoms with E-state index in [0.717, 1.165) is 54.1 Å². The highest BCUT2D eigenvalue weighted by Gasteiger charge is 2.26. The fourth-order valence-corrected chi connectivity index (χ4v) is 4.23. The molecule has 1 fully saturated rings. The van der Waals surface area contributed by atoms with Gasteiger partial charge in [0.1, 0.15) is 5.75 Å². The molecule has 0 aliphatic carbocycles. The molecule has 0 saturated carbocycles. The third-order valence-electron chi connectivity index (χ3n) is 5.67. The molecule has 2 aromatic carbocycles. The molecular formula is C23H27ClN4O2. The topological polar surface area (TPSA) is 49.7 Å². The van der Waals surface area contributed by atoms with Crippen LogP contribution in [0.2, 0.25) is 5.02 Å². The second-order valence-corrected chi connectivity index (χ2v) is 7.89. The molecule has 0 bridgehead atoms. The molecule has 0 spiro atoms. The normalized spacial score (nSPS) is 14.4. The standard InChI is InChI=1S/C23H27ClN4O2/c1-25-9-10-28-16-19(18-8-7-17(24)15-21(18)28)23(29)27-13-11-26(12-14-27)20-5-3-4-6-22(20)30-2/h3-8,15-16,25H,9-14H2,1-2H3. The van der Waals surface area contributed by atoms with E-state index in [1.165, 1.54) is 0 Å². The van der Waals surface area contributed by atoms with Gasteiger partial charge >= 0.3 is 0 Å². The Hall–Kier alpha value is -2.70. The lowest BCUT2D eigenvalue weighted by Crippen LogP contribution is -2.48. The van der Waals surface area contributed by atoms with Gasteiger partial charge in [0.25, 0.3) is 5.91 Å². The SMILES string of the molecule is CNCCn1cc(C(=O)N2CCN(c3ccccc3OC)CC2)c2ccc(Cl)cc21. The van der Waals surface area contributed by atoms with Crippen molar-refractivity contribution in [2.75, 3.05) is 51.8 Å². The number of carbonyl (C=O) groups is 1. The highest BCUT2D eigenvalue weighted by Crippen LogP contribution is 2.30. The first-order valence-electron chi connectivity index (χ1n) is 10.2. The van der Waals surface area contributed by atoms with Crippen LogP contribution in [0.1, 0.15) is 10.4 Å². The van der Waals surface area contributed by atoms with E-state index in [9.17, 15) is 4.79 Å². The molecule has 2 heterocycles. The number of methoxy groups -OCH3 is 1. The molecule has 0 atom stereocenters. The lowest BCUT2D eigenvalue weighted by molar-refractivity contribution is 0.0748. The number of benzene rings is 2. The van der Waals surface area contributed by atoms with Crippen molar-refractivity contribution in [2.45, 2.75) is 6.54 Å². The number of amides is 1. The average Bonchev–Trinajstić information content (AvgIpc) is 3.14. The molecule has 30 heavy (non-hydrogen) atoms. The summed E-state index contributed by atoms with van der Waals surface area (Å²) in [5.41, 5.74) is 2.81. The number of likely N-dealkylation sites (N-methyl/N-ethyl adjacent to an activating group) is 1. The molecule has 1 N–H and O–H groups in total. The van der Waals surface area contributed by atoms with Gasteiger partial charge in [0.15, 0.2) is 0 Å². The van der Waals surface area contributed by atoms with E-state index in [1.54, 1.807) is 7.11 Å². The first-order valence-corrected chi connectivity index (χ1v) is 10.6. The van der Waals surface area contributed by atoms with Gasteiger partial charge in [0, 0.05) is 55.9 Å². The monoisotopic (exact) mass is 426 g/mol. The Balaban J connectivity index is 1.54. The summed E-state index contributed by atoms with van der Waals surface area (Å²) < 4.78 is 7.60. The number of fused-ring (bicyclic) bond motifs is 1. The van der Waals surface area contributed by atoms with Crippen molar-refractivity contribution >= 4 is 34.1 Å². The van der Waals surface area contributed by atoms with E-state index in [4.69, 9.17) is 16.3 Å². The molecule has 0 unspecified atom stereocenters. The highest BCUT2D eigenvalue weighted by atomic mass is 35.5. The van der Waals surface area contributed by atoms with Crippen LogP contribution in [0.15, 0.2) is 48.7 Å². The van der Waals surface area contributed by atoms with Crippen LogP contribution in [-0.4, -0.2) is 62.3 Å². The number of nitrogens with zero attached hydrogens (tertiary/aromatic N) is 3. The number of ether oxygens (including phenoxy) is 1. The number of hydrogen-bond acceptors (Lipinski definition) is 4. The Morgan fingerprint density at radius 3 is 2.63 bits per heavy atom. The number of hydrogen-bond donors (Lipinski definition) is 1. The minimum Gasteiger partial charge on any atom is -0.495 e. The smallest absolute Gasteiger partial charge is 0.256 e. The maximum Gasteiger partial charge on any atom is 0.256 e. The number of piperazine rings is 1. The maximum absolute atomic E-state index is 13.4. The van der Waals surface area contributed by atoms with Crippen molar-refractivity contribution in [2.24, 2.45) is 0 Å². The van der Waals surface area contributed by atoms with Gasteiger partial charge in [-0.2, -0.15) is 0 Å². The fourth-order valence-electron chi connectivity index (χ4n) is 4.06. The highest BCUT2D eigenvalue weighted by molar-refractivity contribution is 6.31. The third kappa shape index (κ3) is 3.98. The van der Waals surface area contributed by atoms with Crippen molar-refractivity contribution < 1.29 is 9.53 Å². The van der Waals surface area contributed by atoms with E-state index in [-0.39, 0.29) is 5.91 Å². The summed E-state index contributed by atoms with van der Waals surface area (Å²) in [5.74, 6) is 0.937. The van der Waals surface area contributed by atoms with Crippen LogP contribution < -0.4 is 15.0 Å². The number of halogens is 1. The fraction of sp³-hybridized carbons (Fsp3) is 0.348. The number of rotatable bonds is 6. The molecule has 3 aromatic rings. The Morgan fingerprint density at radius 1 is 1.13 bits per heavy atom. The second-order valence-electron chi connectivity index (χ2n) is 7.45. The van der Waals surface area contributed by atoms with Crippen molar-refractivity contribution in [3.63, 3.8) is 0 Å². The van der Waals surface area contributed by atoms with Crippen LogP contribution in [-0.2, 0) is 6.54 Å². The molecule has 1 aromatic heterocycles. The molecule has 6 nitrogen and oxygen atoms in total. The summed E-state index contributed by atoms with van der Waals surface area (Å²) in [4.78, 5) is 17.6. The number of anilines is 1. The van der Waals surface area contributed by atoms with Gasteiger partial charge in [-0.05, 0) is 31.3 Å². The third-order valence-corrected chi connectivity index (χ3v) is 5.91. The van der Waals surface area contributed by atoms with Gasteiger partial charge in [0.05, 0.1) is 23.9 Å². The van der Waals surface area contributed by atoms with Crippen LogP contribution in [0.25, 0.3) is 10.9 Å². The van der Waals surface area contributed by atoms with E-state index in [0.29, 0.717) is 18.1 Å². The summed E-state index contributed by atoms with van der Waals surface area (Å²) in [6.45, 7) is 4.50. The largest absolute Gasteiger partial charge is 0.495 e. The van der Waals surface area contributed by atoms with Crippen molar-refractivity contribution in [1.82, 2.24) is 14.8 Å². The van der Waals surface area contributed by atoms with Gasteiger partial charge in [-0.3, -0.25) is 4.79 Å². The number of carbonyl (C=O) groups excluding carboxylic acids is 1. The molecule has 0 radical (unpaired) electrons. The first kappa shape index (κ1) is 20.6. The molecule has 1 aliphatic rings. The lowest BCUT2D eigenvalue weighted by atomic mass is 10.1. The summed E-state index contributed by atoms with van der Waals surface area (Å²) in [6, 6.07) is 13.8. The molecule has 1 aliphatic heterocycles. The van der Waals surface area contributed by atoms with E-state index >= 15 is 0 Å². The van der Waals surface area contributed by atoms with Crippen LogP contribution in [0.3, 0.4) is 0 Å². The lowest BCUT2D eigenvalue weighted by Gasteiger charge is -2.36. The van der Waals surface area contributed by atoms with Gasteiger partial charge in [-0.1, -0.05) is 29.8 Å². The zero-order chi connectivity index (χ0) is 21.1. The van der Waals surface area contributed by atoms with Crippen LogP contribution >= 0.6 is 11.6 Å².